The summed E-state index contributed by atoms with van der Waals surface area (Å²) in [6, 6.07) is 13.2. The maximum Gasteiger partial charge on any atom is 0.101 e. The highest BCUT2D eigenvalue weighted by Gasteiger charge is 1.99. The first-order valence-electron chi connectivity index (χ1n) is 4.04. The lowest BCUT2D eigenvalue weighted by atomic mass is 10.1. The van der Waals surface area contributed by atoms with Gasteiger partial charge in [0.1, 0.15) is 6.07 Å². The van der Waals surface area contributed by atoms with Gasteiger partial charge in [0.05, 0.1) is 17.2 Å². The Morgan fingerprint density at radius 3 is 2.29 bits per heavy atom. The van der Waals surface area contributed by atoms with E-state index in [0.717, 1.165) is 5.56 Å². The van der Waals surface area contributed by atoms with Gasteiger partial charge in [0.2, 0.25) is 0 Å². The van der Waals surface area contributed by atoms with Crippen molar-refractivity contribution in [3.8, 4) is 12.1 Å². The molecular formula is C12H8N2. The zero-order valence-corrected chi connectivity index (χ0v) is 7.57. The van der Waals surface area contributed by atoms with E-state index in [1.54, 1.807) is 6.08 Å². The predicted octanol–water partition coefficient (Wildman–Crippen LogP) is 2.67. The summed E-state index contributed by atoms with van der Waals surface area (Å²) in [7, 11) is 0. The minimum atomic E-state index is 0.191. The summed E-state index contributed by atoms with van der Waals surface area (Å²) in [4.78, 5) is 0. The van der Waals surface area contributed by atoms with Crippen molar-refractivity contribution in [2.45, 2.75) is 0 Å². The third kappa shape index (κ3) is 2.33. The number of hydrogen-bond donors (Lipinski definition) is 0. The molecule has 1 aromatic rings. The van der Waals surface area contributed by atoms with Crippen LogP contribution in [-0.2, 0) is 0 Å². The normalized spacial score (nSPS) is 10.0. The summed E-state index contributed by atoms with van der Waals surface area (Å²) in [5.41, 5.74) is 1.38. The zero-order chi connectivity index (χ0) is 10.4. The highest BCUT2D eigenvalue weighted by molar-refractivity contribution is 5.65. The number of nitriles is 2. The molecule has 2 heteroatoms. The molecule has 0 saturated carbocycles. The Morgan fingerprint density at radius 2 is 1.79 bits per heavy atom. The van der Waals surface area contributed by atoms with Gasteiger partial charge in [-0.25, -0.2) is 0 Å². The Hall–Kier alpha value is -2.32. The Bertz CT molecular complexity index is 441. The van der Waals surface area contributed by atoms with Crippen LogP contribution in [0.25, 0.3) is 6.08 Å². The minimum absolute atomic E-state index is 0.191. The highest BCUT2D eigenvalue weighted by atomic mass is 14.3. The molecule has 0 aliphatic rings. The largest absolute Gasteiger partial charge is 0.192 e. The van der Waals surface area contributed by atoms with Crippen molar-refractivity contribution in [2.24, 2.45) is 0 Å². The molecule has 0 aliphatic carbocycles. The van der Waals surface area contributed by atoms with Crippen molar-refractivity contribution >= 4 is 6.08 Å². The molecule has 0 bridgehead atoms. The molecule has 0 N–H and O–H groups in total. The van der Waals surface area contributed by atoms with Crippen molar-refractivity contribution in [3.05, 3.63) is 53.6 Å². The Morgan fingerprint density at radius 1 is 1.14 bits per heavy atom. The molecule has 0 fully saturated rings. The van der Waals surface area contributed by atoms with Crippen molar-refractivity contribution < 1.29 is 0 Å². The van der Waals surface area contributed by atoms with E-state index in [1.165, 1.54) is 0 Å². The molecule has 0 radical (unpaired) electrons. The molecule has 1 aromatic carbocycles. The number of hydrogen-bond acceptors (Lipinski definition) is 2. The first kappa shape index (κ1) is 9.77. The second-order valence-corrected chi connectivity index (χ2v) is 2.67. The summed E-state index contributed by atoms with van der Waals surface area (Å²) in [5.74, 6) is 0. The lowest BCUT2D eigenvalue weighted by molar-refractivity contribution is 1.45. The second kappa shape index (κ2) is 4.64. The van der Waals surface area contributed by atoms with Crippen LogP contribution in [0.5, 0.6) is 0 Å². The third-order valence-electron chi connectivity index (χ3n) is 1.69. The summed E-state index contributed by atoms with van der Waals surface area (Å²) < 4.78 is 0. The Kier molecular flexibility index (Phi) is 3.24. The summed E-state index contributed by atoms with van der Waals surface area (Å²) in [6.07, 6.45) is 1.64. The van der Waals surface area contributed by atoms with E-state index in [1.807, 2.05) is 42.5 Å². The van der Waals surface area contributed by atoms with Crippen LogP contribution in [0.15, 0.2) is 48.1 Å². The van der Waals surface area contributed by atoms with E-state index in [9.17, 15) is 0 Å². The fraction of sp³-hybridized carbons (Fsp3) is 0. The minimum Gasteiger partial charge on any atom is -0.192 e. The molecule has 0 amide bonds. The fourth-order valence-corrected chi connectivity index (χ4v) is 0.963. The number of nitrogens with zero attached hydrogens (tertiary/aromatic N) is 2. The molecular weight excluding hydrogens is 172 g/mol. The van der Waals surface area contributed by atoms with Gasteiger partial charge in [0, 0.05) is 0 Å². The van der Waals surface area contributed by atoms with E-state index in [4.69, 9.17) is 10.5 Å². The van der Waals surface area contributed by atoms with Crippen molar-refractivity contribution in [3.63, 3.8) is 0 Å². The van der Waals surface area contributed by atoms with Crippen LogP contribution in [-0.4, -0.2) is 0 Å². The average molecular weight is 180 g/mol. The van der Waals surface area contributed by atoms with Gasteiger partial charge in [-0.1, -0.05) is 36.9 Å². The monoisotopic (exact) mass is 180 g/mol. The van der Waals surface area contributed by atoms with Gasteiger partial charge in [0.15, 0.2) is 0 Å². The molecule has 0 aliphatic heterocycles. The van der Waals surface area contributed by atoms with Crippen molar-refractivity contribution in [1.29, 1.82) is 10.5 Å². The molecule has 0 saturated heterocycles. The van der Waals surface area contributed by atoms with Crippen molar-refractivity contribution in [2.75, 3.05) is 0 Å². The first-order chi connectivity index (χ1) is 6.77. The highest BCUT2D eigenvalue weighted by Crippen LogP contribution is 2.11. The van der Waals surface area contributed by atoms with Crippen LogP contribution < -0.4 is 0 Å². The second-order valence-electron chi connectivity index (χ2n) is 2.67. The molecule has 0 unspecified atom stereocenters. The molecule has 14 heavy (non-hydrogen) atoms. The molecule has 0 heterocycles. The van der Waals surface area contributed by atoms with E-state index in [2.05, 4.69) is 6.58 Å². The summed E-state index contributed by atoms with van der Waals surface area (Å²) in [6.45, 7) is 3.49. The van der Waals surface area contributed by atoms with Crippen LogP contribution in [0, 0.1) is 22.7 Å². The molecule has 2 nitrogen and oxygen atoms in total. The number of rotatable bonds is 2. The van der Waals surface area contributed by atoms with Crippen LogP contribution in [0.3, 0.4) is 0 Å². The average Bonchev–Trinajstić information content (AvgIpc) is 2.26. The molecule has 66 valence electrons. The number of allylic oxidation sites excluding steroid dienone is 2. The van der Waals surface area contributed by atoms with E-state index < -0.39 is 0 Å². The topological polar surface area (TPSA) is 47.6 Å². The smallest absolute Gasteiger partial charge is 0.101 e. The van der Waals surface area contributed by atoms with Crippen LogP contribution in [0.1, 0.15) is 5.56 Å². The van der Waals surface area contributed by atoms with E-state index in [0.29, 0.717) is 5.57 Å². The standard InChI is InChI=1S/C12H8N2/c1-10(8-13)12(9-14)7-11-5-3-2-4-6-11/h2-7H,1H2/b12-7+. The van der Waals surface area contributed by atoms with E-state index in [-0.39, 0.29) is 5.57 Å². The van der Waals surface area contributed by atoms with Gasteiger partial charge < -0.3 is 0 Å². The molecule has 1 rings (SSSR count). The lowest BCUT2D eigenvalue weighted by Gasteiger charge is -1.94. The van der Waals surface area contributed by atoms with Gasteiger partial charge >= 0.3 is 0 Å². The summed E-state index contributed by atoms with van der Waals surface area (Å²) in [5, 5.41) is 17.3. The van der Waals surface area contributed by atoms with Gasteiger partial charge in [-0.05, 0) is 11.6 Å². The Balaban J connectivity index is 3.05. The fourth-order valence-electron chi connectivity index (χ4n) is 0.963. The van der Waals surface area contributed by atoms with Gasteiger partial charge in [0.25, 0.3) is 0 Å². The van der Waals surface area contributed by atoms with Crippen LogP contribution >= 0.6 is 0 Å². The zero-order valence-electron chi connectivity index (χ0n) is 7.57. The first-order valence-corrected chi connectivity index (χ1v) is 4.04. The SMILES string of the molecule is C=C(C#N)/C(C#N)=C/c1ccccc1. The Labute approximate surface area is 83.0 Å². The quantitative estimate of drug-likeness (QED) is 0.519. The molecule has 0 aromatic heterocycles. The molecule has 0 spiro atoms. The predicted molar refractivity (Wildman–Crippen MR) is 54.8 cm³/mol. The van der Waals surface area contributed by atoms with Gasteiger partial charge in [-0.3, -0.25) is 0 Å². The lowest BCUT2D eigenvalue weighted by Crippen LogP contribution is -1.81. The van der Waals surface area contributed by atoms with Crippen LogP contribution in [0.4, 0.5) is 0 Å². The number of benzene rings is 1. The summed E-state index contributed by atoms with van der Waals surface area (Å²) >= 11 is 0. The maximum atomic E-state index is 8.76. The maximum absolute atomic E-state index is 8.76. The van der Waals surface area contributed by atoms with Crippen LogP contribution in [0.2, 0.25) is 0 Å². The third-order valence-corrected chi connectivity index (χ3v) is 1.69. The van der Waals surface area contributed by atoms with E-state index >= 15 is 0 Å². The van der Waals surface area contributed by atoms with Gasteiger partial charge in [-0.2, -0.15) is 10.5 Å². The van der Waals surface area contributed by atoms with Crippen molar-refractivity contribution in [1.82, 2.24) is 0 Å². The molecule has 0 atom stereocenters. The van der Waals surface area contributed by atoms with Gasteiger partial charge in [-0.15, -0.1) is 0 Å².